The molecule has 0 fully saturated rings. The maximum atomic E-state index is 5.78. The SMILES string of the molecule is CN1COc2cc3cc4c(cc3cc2C1)CN(C)CO4. The molecule has 2 aromatic carbocycles. The van der Waals surface area contributed by atoms with Crippen LogP contribution in [0.3, 0.4) is 0 Å². The molecule has 4 heteroatoms. The Labute approximate surface area is 118 Å². The quantitative estimate of drug-likeness (QED) is 0.734. The largest absolute Gasteiger partial charge is 0.478 e. The summed E-state index contributed by atoms with van der Waals surface area (Å²) in [5, 5.41) is 2.46. The molecule has 0 N–H and O–H groups in total. The van der Waals surface area contributed by atoms with Gasteiger partial charge in [-0.1, -0.05) is 0 Å². The van der Waals surface area contributed by atoms with Crippen molar-refractivity contribution < 1.29 is 9.47 Å². The van der Waals surface area contributed by atoms with Gasteiger partial charge in [0.05, 0.1) is 0 Å². The summed E-state index contributed by atoms with van der Waals surface area (Å²) in [6.07, 6.45) is 0. The molecule has 2 aliphatic rings. The first kappa shape index (κ1) is 12.0. The molecular weight excluding hydrogens is 252 g/mol. The molecule has 0 atom stereocenters. The molecule has 104 valence electrons. The van der Waals surface area contributed by atoms with Crippen molar-refractivity contribution in [1.82, 2.24) is 9.80 Å². The minimum Gasteiger partial charge on any atom is -0.478 e. The van der Waals surface area contributed by atoms with Crippen LogP contribution in [-0.2, 0) is 13.1 Å². The van der Waals surface area contributed by atoms with Crippen molar-refractivity contribution in [3.63, 3.8) is 0 Å². The third-order valence-corrected chi connectivity index (χ3v) is 3.96. The van der Waals surface area contributed by atoms with Crippen LogP contribution in [0.5, 0.6) is 11.5 Å². The van der Waals surface area contributed by atoms with Crippen molar-refractivity contribution >= 4 is 10.8 Å². The highest BCUT2D eigenvalue weighted by Crippen LogP contribution is 2.35. The fourth-order valence-corrected chi connectivity index (χ4v) is 2.95. The van der Waals surface area contributed by atoms with Gasteiger partial charge in [0.15, 0.2) is 0 Å². The Balaban J connectivity index is 1.85. The third kappa shape index (κ3) is 1.92. The molecule has 2 aliphatic heterocycles. The van der Waals surface area contributed by atoms with Crippen molar-refractivity contribution in [3.8, 4) is 11.5 Å². The molecule has 0 aliphatic carbocycles. The van der Waals surface area contributed by atoms with E-state index in [0.717, 1.165) is 24.6 Å². The molecule has 2 heterocycles. The first-order chi connectivity index (χ1) is 9.69. The van der Waals surface area contributed by atoms with Crippen molar-refractivity contribution in [1.29, 1.82) is 0 Å². The second-order valence-corrected chi connectivity index (χ2v) is 5.84. The van der Waals surface area contributed by atoms with E-state index in [1.54, 1.807) is 0 Å². The summed E-state index contributed by atoms with van der Waals surface area (Å²) < 4.78 is 11.6. The summed E-state index contributed by atoms with van der Waals surface area (Å²) in [6.45, 7) is 3.20. The number of fused-ring (bicyclic) bond motifs is 3. The van der Waals surface area contributed by atoms with Crippen LogP contribution in [0.4, 0.5) is 0 Å². The maximum absolute atomic E-state index is 5.78. The van der Waals surface area contributed by atoms with Crippen LogP contribution in [0.15, 0.2) is 24.3 Å². The van der Waals surface area contributed by atoms with Crippen LogP contribution in [0.1, 0.15) is 11.1 Å². The molecular formula is C16H18N2O2. The summed E-state index contributed by atoms with van der Waals surface area (Å²) in [5.74, 6) is 2.01. The fraction of sp³-hybridized carbons (Fsp3) is 0.375. The molecule has 4 nitrogen and oxygen atoms in total. The van der Waals surface area contributed by atoms with E-state index in [1.165, 1.54) is 21.9 Å². The average molecular weight is 270 g/mol. The van der Waals surface area contributed by atoms with E-state index < -0.39 is 0 Å². The van der Waals surface area contributed by atoms with Gasteiger partial charge < -0.3 is 9.47 Å². The van der Waals surface area contributed by atoms with Gasteiger partial charge in [0, 0.05) is 24.2 Å². The first-order valence-electron chi connectivity index (χ1n) is 6.91. The zero-order chi connectivity index (χ0) is 13.7. The predicted molar refractivity (Wildman–Crippen MR) is 77.9 cm³/mol. The van der Waals surface area contributed by atoms with E-state index >= 15 is 0 Å². The van der Waals surface area contributed by atoms with E-state index in [-0.39, 0.29) is 0 Å². The van der Waals surface area contributed by atoms with Crippen LogP contribution in [0.2, 0.25) is 0 Å². The zero-order valence-corrected chi connectivity index (χ0v) is 11.8. The molecule has 20 heavy (non-hydrogen) atoms. The molecule has 4 rings (SSSR count). The lowest BCUT2D eigenvalue weighted by Crippen LogP contribution is -2.28. The first-order valence-corrected chi connectivity index (χ1v) is 6.91. The van der Waals surface area contributed by atoms with Crippen molar-refractivity contribution in [2.45, 2.75) is 13.1 Å². The monoisotopic (exact) mass is 270 g/mol. The molecule has 0 unspecified atom stereocenters. The number of benzene rings is 2. The standard InChI is InChI=1S/C16H18N2O2/c1-17-7-13-3-11-4-14-8-18(2)10-20-16(14)6-12(11)5-15(13)19-9-17/h3-6H,7-10H2,1-2H3. The lowest BCUT2D eigenvalue weighted by atomic mass is 10.0. The second-order valence-electron chi connectivity index (χ2n) is 5.84. The van der Waals surface area contributed by atoms with Crippen LogP contribution < -0.4 is 9.47 Å². The predicted octanol–water partition coefficient (Wildman–Crippen LogP) is 2.40. The maximum Gasteiger partial charge on any atom is 0.142 e. The topological polar surface area (TPSA) is 24.9 Å². The highest BCUT2D eigenvalue weighted by Gasteiger charge is 2.18. The van der Waals surface area contributed by atoms with Gasteiger partial charge in [0.2, 0.25) is 0 Å². The lowest BCUT2D eigenvalue weighted by molar-refractivity contribution is 0.121. The lowest BCUT2D eigenvalue weighted by Gasteiger charge is -2.28. The molecule has 0 radical (unpaired) electrons. The molecule has 0 aromatic heterocycles. The molecule has 0 saturated heterocycles. The summed E-state index contributed by atoms with van der Waals surface area (Å²) in [7, 11) is 4.14. The normalized spacial score (nSPS) is 19.1. The molecule has 0 spiro atoms. The number of hydrogen-bond donors (Lipinski definition) is 0. The third-order valence-electron chi connectivity index (χ3n) is 3.96. The van der Waals surface area contributed by atoms with E-state index in [2.05, 4.69) is 48.2 Å². The number of hydrogen-bond acceptors (Lipinski definition) is 4. The smallest absolute Gasteiger partial charge is 0.142 e. The van der Waals surface area contributed by atoms with Gasteiger partial charge in [0.1, 0.15) is 25.0 Å². The van der Waals surface area contributed by atoms with Crippen LogP contribution in [0.25, 0.3) is 10.8 Å². The van der Waals surface area contributed by atoms with E-state index in [0.29, 0.717) is 13.5 Å². The summed E-state index contributed by atoms with van der Waals surface area (Å²) in [4.78, 5) is 4.34. The Morgan fingerprint density at radius 1 is 0.750 bits per heavy atom. The van der Waals surface area contributed by atoms with Gasteiger partial charge in [-0.05, 0) is 49.1 Å². The molecule has 0 saturated carbocycles. The Morgan fingerprint density at radius 3 is 1.70 bits per heavy atom. The second kappa shape index (κ2) is 4.36. The Kier molecular flexibility index (Phi) is 2.62. The summed E-state index contributed by atoms with van der Waals surface area (Å²) >= 11 is 0. The number of nitrogens with zero attached hydrogens (tertiary/aromatic N) is 2. The van der Waals surface area contributed by atoms with E-state index in [4.69, 9.17) is 9.47 Å². The zero-order valence-electron chi connectivity index (χ0n) is 11.8. The minimum absolute atomic E-state index is 0.657. The Bertz CT molecular complexity index is 629. The van der Waals surface area contributed by atoms with Crippen molar-refractivity contribution in [2.75, 3.05) is 27.6 Å². The summed E-state index contributed by atoms with van der Waals surface area (Å²) in [6, 6.07) is 8.77. The van der Waals surface area contributed by atoms with E-state index in [1.807, 2.05) is 0 Å². The van der Waals surface area contributed by atoms with Crippen molar-refractivity contribution in [2.24, 2.45) is 0 Å². The summed E-state index contributed by atoms with van der Waals surface area (Å²) in [5.41, 5.74) is 2.52. The van der Waals surface area contributed by atoms with Crippen LogP contribution in [0, 0.1) is 0 Å². The molecule has 0 amide bonds. The molecule has 2 aromatic rings. The Morgan fingerprint density at radius 2 is 1.20 bits per heavy atom. The average Bonchev–Trinajstić information content (AvgIpc) is 2.43. The van der Waals surface area contributed by atoms with Crippen molar-refractivity contribution in [3.05, 3.63) is 35.4 Å². The van der Waals surface area contributed by atoms with Gasteiger partial charge in [-0.3, -0.25) is 9.80 Å². The van der Waals surface area contributed by atoms with Crippen LogP contribution in [-0.4, -0.2) is 37.4 Å². The highest BCUT2D eigenvalue weighted by molar-refractivity contribution is 5.87. The van der Waals surface area contributed by atoms with Crippen LogP contribution >= 0.6 is 0 Å². The highest BCUT2D eigenvalue weighted by atomic mass is 16.5. The van der Waals surface area contributed by atoms with Gasteiger partial charge in [0.25, 0.3) is 0 Å². The molecule has 0 bridgehead atoms. The number of rotatable bonds is 0. The van der Waals surface area contributed by atoms with E-state index in [9.17, 15) is 0 Å². The van der Waals surface area contributed by atoms with Gasteiger partial charge >= 0.3 is 0 Å². The fourth-order valence-electron chi connectivity index (χ4n) is 2.95. The van der Waals surface area contributed by atoms with Gasteiger partial charge in [-0.25, -0.2) is 0 Å². The number of ether oxygens (including phenoxy) is 2. The van der Waals surface area contributed by atoms with Gasteiger partial charge in [-0.15, -0.1) is 0 Å². The van der Waals surface area contributed by atoms with Gasteiger partial charge in [-0.2, -0.15) is 0 Å². The minimum atomic E-state index is 0.657. The Hall–Kier alpha value is -1.78.